The largest absolute Gasteiger partial charge is 0.496 e. The molecule has 2 rings (SSSR count). The highest BCUT2D eigenvalue weighted by atomic mass is 16.5. The maximum absolute atomic E-state index is 10.7. The average molecular weight is 274 g/mol. The van der Waals surface area contributed by atoms with E-state index in [9.17, 15) is 4.79 Å². The summed E-state index contributed by atoms with van der Waals surface area (Å²) < 4.78 is 5.24. The van der Waals surface area contributed by atoms with Gasteiger partial charge in [-0.1, -0.05) is 0 Å². The molecule has 2 N–H and O–H groups in total. The zero-order valence-electron chi connectivity index (χ0n) is 11.9. The second-order valence-electron chi connectivity index (χ2n) is 4.73. The number of nitrogens with one attached hydrogen (secondary N) is 1. The SMILES string of the molecule is COc1ccc(-c2nc(C)[nH]c2CCC(=O)O)cc1C. The van der Waals surface area contributed by atoms with Gasteiger partial charge in [0.05, 0.1) is 19.2 Å². The zero-order chi connectivity index (χ0) is 14.7. The fraction of sp³-hybridized carbons (Fsp3) is 0.333. The summed E-state index contributed by atoms with van der Waals surface area (Å²) >= 11 is 0. The van der Waals surface area contributed by atoms with Gasteiger partial charge in [-0.15, -0.1) is 0 Å². The van der Waals surface area contributed by atoms with E-state index in [-0.39, 0.29) is 6.42 Å². The fourth-order valence-electron chi connectivity index (χ4n) is 2.22. The van der Waals surface area contributed by atoms with E-state index in [1.54, 1.807) is 7.11 Å². The number of aromatic amines is 1. The Morgan fingerprint density at radius 1 is 1.40 bits per heavy atom. The summed E-state index contributed by atoms with van der Waals surface area (Å²) in [7, 11) is 1.64. The van der Waals surface area contributed by atoms with Crippen molar-refractivity contribution in [1.82, 2.24) is 9.97 Å². The number of benzene rings is 1. The Balaban J connectivity index is 2.36. The lowest BCUT2D eigenvalue weighted by Crippen LogP contribution is -1.99. The Morgan fingerprint density at radius 3 is 2.75 bits per heavy atom. The van der Waals surface area contributed by atoms with Crippen LogP contribution in [0.3, 0.4) is 0 Å². The number of ether oxygens (including phenoxy) is 1. The molecule has 106 valence electrons. The molecule has 0 bridgehead atoms. The molecule has 2 aromatic rings. The third kappa shape index (κ3) is 2.99. The third-order valence-electron chi connectivity index (χ3n) is 3.15. The van der Waals surface area contributed by atoms with E-state index in [1.807, 2.05) is 32.0 Å². The molecule has 0 spiro atoms. The number of carboxylic acids is 1. The van der Waals surface area contributed by atoms with Crippen LogP contribution >= 0.6 is 0 Å². The van der Waals surface area contributed by atoms with Crippen molar-refractivity contribution in [2.45, 2.75) is 26.7 Å². The van der Waals surface area contributed by atoms with Gasteiger partial charge in [-0.05, 0) is 37.6 Å². The number of aromatic nitrogens is 2. The fourth-order valence-corrected chi connectivity index (χ4v) is 2.22. The summed E-state index contributed by atoms with van der Waals surface area (Å²) in [6, 6.07) is 5.83. The molecule has 1 aromatic carbocycles. The quantitative estimate of drug-likeness (QED) is 0.879. The van der Waals surface area contributed by atoms with Crippen molar-refractivity contribution in [1.29, 1.82) is 0 Å². The van der Waals surface area contributed by atoms with Crippen molar-refractivity contribution in [3.63, 3.8) is 0 Å². The van der Waals surface area contributed by atoms with E-state index in [4.69, 9.17) is 9.84 Å². The minimum Gasteiger partial charge on any atom is -0.496 e. The Kier molecular flexibility index (Phi) is 4.08. The van der Waals surface area contributed by atoms with Gasteiger partial charge in [0.25, 0.3) is 0 Å². The standard InChI is InChI=1S/C15H18N2O3/c1-9-8-11(4-6-13(9)20-3)15-12(5-7-14(18)19)16-10(2)17-15/h4,6,8H,5,7H2,1-3H3,(H,16,17)(H,18,19). The topological polar surface area (TPSA) is 75.2 Å². The molecule has 0 saturated carbocycles. The van der Waals surface area contributed by atoms with E-state index < -0.39 is 5.97 Å². The predicted molar refractivity (Wildman–Crippen MR) is 76.0 cm³/mol. The van der Waals surface area contributed by atoms with Crippen LogP contribution in [-0.4, -0.2) is 28.2 Å². The minimum atomic E-state index is -0.811. The van der Waals surface area contributed by atoms with Gasteiger partial charge >= 0.3 is 5.97 Å². The number of carboxylic acid groups (broad SMARTS) is 1. The van der Waals surface area contributed by atoms with Gasteiger partial charge in [0.1, 0.15) is 11.6 Å². The molecule has 20 heavy (non-hydrogen) atoms. The molecule has 5 nitrogen and oxygen atoms in total. The molecule has 0 aliphatic heterocycles. The molecule has 0 atom stereocenters. The molecule has 0 aliphatic rings. The number of carbonyl (C=O) groups is 1. The van der Waals surface area contributed by atoms with Crippen molar-refractivity contribution in [3.05, 3.63) is 35.3 Å². The number of rotatable bonds is 5. The zero-order valence-corrected chi connectivity index (χ0v) is 11.9. The lowest BCUT2D eigenvalue weighted by atomic mass is 10.0. The average Bonchev–Trinajstić information content (AvgIpc) is 2.77. The molecule has 0 amide bonds. The van der Waals surface area contributed by atoms with Crippen LogP contribution in [0.25, 0.3) is 11.3 Å². The van der Waals surface area contributed by atoms with Gasteiger partial charge in [-0.3, -0.25) is 4.79 Å². The maximum Gasteiger partial charge on any atom is 0.303 e. The van der Waals surface area contributed by atoms with Gasteiger partial charge in [0.2, 0.25) is 0 Å². The molecule has 0 unspecified atom stereocenters. The highest BCUT2D eigenvalue weighted by Gasteiger charge is 2.13. The first-order valence-corrected chi connectivity index (χ1v) is 6.43. The predicted octanol–water partition coefficient (Wildman–Crippen LogP) is 2.72. The number of H-pyrrole nitrogens is 1. The molecule has 0 radical (unpaired) electrons. The highest BCUT2D eigenvalue weighted by Crippen LogP contribution is 2.27. The summed E-state index contributed by atoms with van der Waals surface area (Å²) in [5, 5.41) is 8.80. The van der Waals surface area contributed by atoms with E-state index in [2.05, 4.69) is 9.97 Å². The van der Waals surface area contributed by atoms with Crippen LogP contribution in [0.15, 0.2) is 18.2 Å². The Labute approximate surface area is 117 Å². The molecule has 0 saturated heterocycles. The number of imidazole rings is 1. The van der Waals surface area contributed by atoms with Crippen molar-refractivity contribution in [2.75, 3.05) is 7.11 Å². The summed E-state index contributed by atoms with van der Waals surface area (Å²) in [5.74, 6) is 0.802. The van der Waals surface area contributed by atoms with E-state index in [0.717, 1.165) is 34.1 Å². The van der Waals surface area contributed by atoms with Gasteiger partial charge in [-0.2, -0.15) is 0 Å². The van der Waals surface area contributed by atoms with Crippen molar-refractivity contribution in [2.24, 2.45) is 0 Å². The number of aryl methyl sites for hydroxylation is 3. The lowest BCUT2D eigenvalue weighted by molar-refractivity contribution is -0.136. The van der Waals surface area contributed by atoms with Crippen molar-refractivity contribution < 1.29 is 14.6 Å². The normalized spacial score (nSPS) is 10.6. The monoisotopic (exact) mass is 274 g/mol. The highest BCUT2D eigenvalue weighted by molar-refractivity contribution is 5.69. The van der Waals surface area contributed by atoms with Gasteiger partial charge < -0.3 is 14.8 Å². The minimum absolute atomic E-state index is 0.0871. The lowest BCUT2D eigenvalue weighted by Gasteiger charge is -2.07. The molecule has 1 heterocycles. The second-order valence-corrected chi connectivity index (χ2v) is 4.73. The van der Waals surface area contributed by atoms with Crippen LogP contribution in [0.4, 0.5) is 0 Å². The van der Waals surface area contributed by atoms with Crippen LogP contribution in [0.5, 0.6) is 5.75 Å². The van der Waals surface area contributed by atoms with E-state index in [0.29, 0.717) is 6.42 Å². The van der Waals surface area contributed by atoms with Crippen molar-refractivity contribution >= 4 is 5.97 Å². The van der Waals surface area contributed by atoms with Gasteiger partial charge in [0, 0.05) is 17.7 Å². The molecule has 1 aromatic heterocycles. The first kappa shape index (κ1) is 14.1. The van der Waals surface area contributed by atoms with Crippen LogP contribution in [-0.2, 0) is 11.2 Å². The van der Waals surface area contributed by atoms with Gasteiger partial charge in [-0.25, -0.2) is 4.98 Å². The van der Waals surface area contributed by atoms with Crippen LogP contribution in [0, 0.1) is 13.8 Å². The first-order valence-electron chi connectivity index (χ1n) is 6.43. The number of hydrogen-bond acceptors (Lipinski definition) is 3. The molecular formula is C15H18N2O3. The Bertz CT molecular complexity index is 632. The summed E-state index contributed by atoms with van der Waals surface area (Å²) in [5.41, 5.74) is 3.66. The van der Waals surface area contributed by atoms with Crippen LogP contribution in [0.2, 0.25) is 0 Å². The van der Waals surface area contributed by atoms with E-state index >= 15 is 0 Å². The Morgan fingerprint density at radius 2 is 2.15 bits per heavy atom. The van der Waals surface area contributed by atoms with Crippen molar-refractivity contribution in [3.8, 4) is 17.0 Å². The van der Waals surface area contributed by atoms with Crippen LogP contribution in [0.1, 0.15) is 23.5 Å². The Hall–Kier alpha value is -2.30. The number of hydrogen-bond donors (Lipinski definition) is 2. The smallest absolute Gasteiger partial charge is 0.303 e. The molecule has 0 aliphatic carbocycles. The van der Waals surface area contributed by atoms with Crippen LogP contribution < -0.4 is 4.74 Å². The first-order chi connectivity index (χ1) is 9.51. The number of nitrogens with zero attached hydrogens (tertiary/aromatic N) is 1. The summed E-state index contributed by atoms with van der Waals surface area (Å²) in [4.78, 5) is 18.3. The summed E-state index contributed by atoms with van der Waals surface area (Å²) in [6.07, 6.45) is 0.528. The van der Waals surface area contributed by atoms with Gasteiger partial charge in [0.15, 0.2) is 0 Å². The molecule has 5 heteroatoms. The third-order valence-corrected chi connectivity index (χ3v) is 3.15. The molecular weight excluding hydrogens is 256 g/mol. The maximum atomic E-state index is 10.7. The second kappa shape index (κ2) is 5.77. The summed E-state index contributed by atoms with van der Waals surface area (Å²) in [6.45, 7) is 3.84. The number of methoxy groups -OCH3 is 1. The van der Waals surface area contributed by atoms with E-state index in [1.165, 1.54) is 0 Å². The molecule has 0 fully saturated rings. The number of aliphatic carboxylic acids is 1.